The van der Waals surface area contributed by atoms with Gasteiger partial charge in [0.25, 0.3) is 0 Å². The molecule has 2 aromatic rings. The number of aryl methyl sites for hydroxylation is 1. The predicted octanol–water partition coefficient (Wildman–Crippen LogP) is 2.26. The average Bonchev–Trinajstić information content (AvgIpc) is 2.44. The van der Waals surface area contributed by atoms with Crippen molar-refractivity contribution in [3.63, 3.8) is 0 Å². The van der Waals surface area contributed by atoms with Crippen molar-refractivity contribution in [3.05, 3.63) is 29.5 Å². The van der Waals surface area contributed by atoms with Crippen LogP contribution in [0.5, 0.6) is 5.75 Å². The van der Waals surface area contributed by atoms with Gasteiger partial charge in [0, 0.05) is 5.56 Å². The van der Waals surface area contributed by atoms with E-state index in [1.807, 2.05) is 0 Å². The first-order chi connectivity index (χ1) is 6.24. The topological polar surface area (TPSA) is 50.4 Å². The summed E-state index contributed by atoms with van der Waals surface area (Å²) < 4.78 is 5.20. The molecule has 0 spiro atoms. The molecule has 66 valence electrons. The lowest BCUT2D eigenvalue weighted by Gasteiger charge is -1.92. The second kappa shape index (κ2) is 2.62. The van der Waals surface area contributed by atoms with E-state index in [2.05, 4.69) is 0 Å². The van der Waals surface area contributed by atoms with Crippen molar-refractivity contribution in [1.29, 1.82) is 0 Å². The molecule has 0 amide bonds. The zero-order chi connectivity index (χ0) is 9.42. The van der Waals surface area contributed by atoms with Gasteiger partial charge in [0.1, 0.15) is 11.3 Å². The minimum Gasteiger partial charge on any atom is -0.507 e. The molecular formula is C10H8O3. The van der Waals surface area contributed by atoms with E-state index >= 15 is 0 Å². The summed E-state index contributed by atoms with van der Waals surface area (Å²) in [4.78, 5) is 10.5. The largest absolute Gasteiger partial charge is 0.507 e. The predicted molar refractivity (Wildman–Crippen MR) is 48.0 cm³/mol. The maximum atomic E-state index is 10.5. The highest BCUT2D eigenvalue weighted by molar-refractivity contribution is 5.93. The van der Waals surface area contributed by atoms with Crippen LogP contribution in [0.1, 0.15) is 16.1 Å². The van der Waals surface area contributed by atoms with Crippen molar-refractivity contribution < 1.29 is 14.3 Å². The second-order valence-corrected chi connectivity index (χ2v) is 2.86. The van der Waals surface area contributed by atoms with Crippen molar-refractivity contribution in [2.24, 2.45) is 0 Å². The van der Waals surface area contributed by atoms with Gasteiger partial charge in [-0.3, -0.25) is 4.79 Å². The number of phenols is 1. The number of rotatable bonds is 1. The van der Waals surface area contributed by atoms with Crippen LogP contribution in [0.15, 0.2) is 22.6 Å². The van der Waals surface area contributed by atoms with Crippen molar-refractivity contribution in [2.45, 2.75) is 6.92 Å². The van der Waals surface area contributed by atoms with E-state index in [1.165, 1.54) is 0 Å². The fraction of sp³-hybridized carbons (Fsp3) is 0.100. The maximum absolute atomic E-state index is 10.5. The van der Waals surface area contributed by atoms with E-state index in [0.717, 1.165) is 0 Å². The summed E-state index contributed by atoms with van der Waals surface area (Å²) in [6, 6.07) is 4.96. The number of aromatic hydroxyl groups is 1. The Morgan fingerprint density at radius 2 is 2.23 bits per heavy atom. The molecule has 0 saturated heterocycles. The maximum Gasteiger partial charge on any atom is 0.185 e. The SMILES string of the molecule is Cc1c(C=O)oc2cccc(O)c12. The number of aldehydes is 1. The molecule has 0 atom stereocenters. The average molecular weight is 176 g/mol. The Morgan fingerprint density at radius 1 is 1.46 bits per heavy atom. The number of carbonyl (C=O) groups excluding carboxylic acids is 1. The van der Waals surface area contributed by atoms with Gasteiger partial charge in [0.15, 0.2) is 12.0 Å². The lowest BCUT2D eigenvalue weighted by atomic mass is 10.1. The number of hydrogen-bond donors (Lipinski definition) is 1. The molecular weight excluding hydrogens is 168 g/mol. The van der Waals surface area contributed by atoms with Gasteiger partial charge in [-0.25, -0.2) is 0 Å². The Balaban J connectivity index is 2.92. The number of furan rings is 1. The highest BCUT2D eigenvalue weighted by atomic mass is 16.3. The molecule has 0 fully saturated rings. The molecule has 0 aliphatic heterocycles. The molecule has 1 aromatic heterocycles. The fourth-order valence-electron chi connectivity index (χ4n) is 1.41. The number of phenolic OH excluding ortho intramolecular Hbond substituents is 1. The lowest BCUT2D eigenvalue weighted by Crippen LogP contribution is -1.77. The first-order valence-corrected chi connectivity index (χ1v) is 3.90. The molecule has 0 radical (unpaired) electrons. The summed E-state index contributed by atoms with van der Waals surface area (Å²) in [5, 5.41) is 10.1. The smallest absolute Gasteiger partial charge is 0.185 e. The third kappa shape index (κ3) is 1.01. The van der Waals surface area contributed by atoms with E-state index in [-0.39, 0.29) is 11.5 Å². The Hall–Kier alpha value is -1.77. The molecule has 1 heterocycles. The molecule has 0 aliphatic carbocycles. The van der Waals surface area contributed by atoms with Gasteiger partial charge in [-0.1, -0.05) is 6.07 Å². The minimum absolute atomic E-state index is 0.145. The van der Waals surface area contributed by atoms with Gasteiger partial charge < -0.3 is 9.52 Å². The van der Waals surface area contributed by atoms with E-state index in [4.69, 9.17) is 4.42 Å². The van der Waals surface area contributed by atoms with Gasteiger partial charge in [-0.05, 0) is 19.1 Å². The number of fused-ring (bicyclic) bond motifs is 1. The second-order valence-electron chi connectivity index (χ2n) is 2.86. The summed E-state index contributed by atoms with van der Waals surface area (Å²) in [5.74, 6) is 0.420. The van der Waals surface area contributed by atoms with Crippen LogP contribution in [0.25, 0.3) is 11.0 Å². The van der Waals surface area contributed by atoms with Gasteiger partial charge in [-0.2, -0.15) is 0 Å². The molecule has 0 saturated carbocycles. The van der Waals surface area contributed by atoms with Crippen LogP contribution in [-0.4, -0.2) is 11.4 Å². The first-order valence-electron chi connectivity index (χ1n) is 3.90. The van der Waals surface area contributed by atoms with Crippen LogP contribution in [0.2, 0.25) is 0 Å². The molecule has 1 aromatic carbocycles. The highest BCUT2D eigenvalue weighted by Crippen LogP contribution is 2.31. The van der Waals surface area contributed by atoms with Gasteiger partial charge in [0.2, 0.25) is 0 Å². The normalized spacial score (nSPS) is 10.5. The zero-order valence-corrected chi connectivity index (χ0v) is 7.07. The molecule has 3 nitrogen and oxygen atoms in total. The van der Waals surface area contributed by atoms with E-state index in [0.29, 0.717) is 22.8 Å². The van der Waals surface area contributed by atoms with Crippen LogP contribution >= 0.6 is 0 Å². The zero-order valence-electron chi connectivity index (χ0n) is 7.07. The Kier molecular flexibility index (Phi) is 1.59. The lowest BCUT2D eigenvalue weighted by molar-refractivity contribution is 0.110. The van der Waals surface area contributed by atoms with Crippen LogP contribution < -0.4 is 0 Å². The standard InChI is InChI=1S/C10H8O3/c1-6-9(5-11)13-8-4-2-3-7(12)10(6)8/h2-5,12H,1H3. The minimum atomic E-state index is 0.145. The van der Waals surface area contributed by atoms with Crippen molar-refractivity contribution in [2.75, 3.05) is 0 Å². The van der Waals surface area contributed by atoms with Gasteiger partial charge in [-0.15, -0.1) is 0 Å². The van der Waals surface area contributed by atoms with E-state index in [9.17, 15) is 9.90 Å². The summed E-state index contributed by atoms with van der Waals surface area (Å²) >= 11 is 0. The third-order valence-corrected chi connectivity index (χ3v) is 2.08. The first kappa shape index (κ1) is 7.86. The van der Waals surface area contributed by atoms with Crippen molar-refractivity contribution in [1.82, 2.24) is 0 Å². The summed E-state index contributed by atoms with van der Waals surface area (Å²) in [6.07, 6.45) is 0.648. The number of carbonyl (C=O) groups is 1. The summed E-state index contributed by atoms with van der Waals surface area (Å²) in [6.45, 7) is 1.75. The Labute approximate surface area is 74.6 Å². The molecule has 0 bridgehead atoms. The quantitative estimate of drug-likeness (QED) is 0.678. The van der Waals surface area contributed by atoms with Crippen LogP contribution in [-0.2, 0) is 0 Å². The number of benzene rings is 1. The Morgan fingerprint density at radius 3 is 2.85 bits per heavy atom. The molecule has 3 heteroatoms. The highest BCUT2D eigenvalue weighted by Gasteiger charge is 2.11. The molecule has 0 unspecified atom stereocenters. The van der Waals surface area contributed by atoms with Gasteiger partial charge >= 0.3 is 0 Å². The summed E-state index contributed by atoms with van der Waals surface area (Å²) in [5.41, 5.74) is 1.22. The third-order valence-electron chi connectivity index (χ3n) is 2.08. The van der Waals surface area contributed by atoms with Crippen LogP contribution in [0, 0.1) is 6.92 Å². The van der Waals surface area contributed by atoms with Crippen LogP contribution in [0.4, 0.5) is 0 Å². The summed E-state index contributed by atoms with van der Waals surface area (Å²) in [7, 11) is 0. The van der Waals surface area contributed by atoms with Crippen molar-refractivity contribution in [3.8, 4) is 5.75 Å². The Bertz CT molecular complexity index is 468. The molecule has 13 heavy (non-hydrogen) atoms. The molecule has 2 rings (SSSR count). The fourth-order valence-corrected chi connectivity index (χ4v) is 1.41. The molecule has 0 aliphatic rings. The van der Waals surface area contributed by atoms with Crippen LogP contribution in [0.3, 0.4) is 0 Å². The van der Waals surface area contributed by atoms with Crippen molar-refractivity contribution >= 4 is 17.3 Å². The monoisotopic (exact) mass is 176 g/mol. The van der Waals surface area contributed by atoms with E-state index in [1.54, 1.807) is 25.1 Å². The van der Waals surface area contributed by atoms with E-state index < -0.39 is 0 Å². The van der Waals surface area contributed by atoms with Gasteiger partial charge in [0.05, 0.1) is 5.39 Å². The molecule has 1 N–H and O–H groups in total. The number of hydrogen-bond acceptors (Lipinski definition) is 3.